The van der Waals surface area contributed by atoms with E-state index in [-0.39, 0.29) is 24.7 Å². The third-order valence-corrected chi connectivity index (χ3v) is 4.93. The van der Waals surface area contributed by atoms with Crippen molar-refractivity contribution in [3.05, 3.63) is 22.4 Å². The number of aliphatic hydroxyl groups is 1. The lowest BCUT2D eigenvalue weighted by Crippen LogP contribution is -2.45. The fourth-order valence-corrected chi connectivity index (χ4v) is 3.71. The lowest BCUT2D eigenvalue weighted by atomic mass is 9.96. The summed E-state index contributed by atoms with van der Waals surface area (Å²) in [6.45, 7) is 5.64. The first-order chi connectivity index (χ1) is 8.69. The molecule has 0 aliphatic carbocycles. The lowest BCUT2D eigenvalue weighted by Gasteiger charge is -2.36. The Kier molecular flexibility index (Phi) is 4.78. The van der Waals surface area contributed by atoms with Crippen LogP contribution in [0.15, 0.2) is 16.8 Å². The summed E-state index contributed by atoms with van der Waals surface area (Å²) in [5.74, 6) is 0.556. The van der Waals surface area contributed by atoms with Crippen molar-refractivity contribution < 1.29 is 5.11 Å². The zero-order valence-corrected chi connectivity index (χ0v) is 12.1. The molecule has 0 radical (unpaired) electrons. The quantitative estimate of drug-likeness (QED) is 0.861. The largest absolute Gasteiger partial charge is 0.395 e. The third kappa shape index (κ3) is 2.62. The minimum atomic E-state index is 0.138. The lowest BCUT2D eigenvalue weighted by molar-refractivity contribution is 0.0896. The minimum absolute atomic E-state index is 0.138. The molecular weight excluding hydrogens is 244 g/mol. The number of hydrogen-bond acceptors (Lipinski definition) is 4. The molecule has 0 spiro atoms. The van der Waals surface area contributed by atoms with Gasteiger partial charge < -0.3 is 10.8 Å². The van der Waals surface area contributed by atoms with E-state index in [0.29, 0.717) is 5.92 Å². The van der Waals surface area contributed by atoms with Gasteiger partial charge in [0.1, 0.15) is 0 Å². The molecule has 0 saturated carbocycles. The van der Waals surface area contributed by atoms with E-state index in [1.54, 1.807) is 11.3 Å². The van der Waals surface area contributed by atoms with Gasteiger partial charge in [0.15, 0.2) is 0 Å². The smallest absolute Gasteiger partial charge is 0.0589 e. The van der Waals surface area contributed by atoms with Gasteiger partial charge in [-0.2, -0.15) is 11.3 Å². The summed E-state index contributed by atoms with van der Waals surface area (Å²) in [6.07, 6.45) is 2.12. The normalized spacial score (nSPS) is 28.4. The summed E-state index contributed by atoms with van der Waals surface area (Å²) >= 11 is 1.72. The first-order valence-corrected chi connectivity index (χ1v) is 7.77. The second-order valence-corrected chi connectivity index (χ2v) is 6.11. The van der Waals surface area contributed by atoms with Crippen molar-refractivity contribution in [3.8, 4) is 0 Å². The number of nitrogens with two attached hydrogens (primary N) is 1. The molecule has 0 amide bonds. The summed E-state index contributed by atoms with van der Waals surface area (Å²) in [5.41, 5.74) is 7.64. The van der Waals surface area contributed by atoms with Crippen LogP contribution >= 0.6 is 11.3 Å². The van der Waals surface area contributed by atoms with Crippen LogP contribution in [-0.2, 0) is 0 Å². The SMILES string of the molecule is CCC(N)C(c1ccsc1)N1CCC(C)C1CO. The Labute approximate surface area is 114 Å². The van der Waals surface area contributed by atoms with Gasteiger partial charge in [-0.15, -0.1) is 0 Å². The topological polar surface area (TPSA) is 49.5 Å². The Morgan fingerprint density at radius 3 is 2.94 bits per heavy atom. The Morgan fingerprint density at radius 1 is 1.61 bits per heavy atom. The molecule has 1 saturated heterocycles. The fourth-order valence-electron chi connectivity index (χ4n) is 3.02. The van der Waals surface area contributed by atoms with E-state index in [4.69, 9.17) is 5.73 Å². The molecule has 1 fully saturated rings. The van der Waals surface area contributed by atoms with E-state index in [1.165, 1.54) is 5.56 Å². The molecule has 1 aliphatic rings. The molecule has 1 aliphatic heterocycles. The number of aliphatic hydroxyl groups excluding tert-OH is 1. The van der Waals surface area contributed by atoms with Crippen molar-refractivity contribution in [2.75, 3.05) is 13.2 Å². The maximum Gasteiger partial charge on any atom is 0.0589 e. The zero-order valence-electron chi connectivity index (χ0n) is 11.2. The van der Waals surface area contributed by atoms with Crippen LogP contribution in [0.1, 0.15) is 38.3 Å². The van der Waals surface area contributed by atoms with Gasteiger partial charge in [-0.1, -0.05) is 13.8 Å². The van der Waals surface area contributed by atoms with Gasteiger partial charge in [0, 0.05) is 12.1 Å². The number of thiophene rings is 1. The summed E-state index contributed by atoms with van der Waals surface area (Å²) in [5, 5.41) is 13.9. The average molecular weight is 268 g/mol. The number of likely N-dealkylation sites (tertiary alicyclic amines) is 1. The molecular formula is C14H24N2OS. The maximum atomic E-state index is 9.63. The number of hydrogen-bond donors (Lipinski definition) is 2. The zero-order chi connectivity index (χ0) is 13.1. The Balaban J connectivity index is 2.24. The standard InChI is InChI=1S/C14H24N2OS/c1-3-12(15)14(11-5-7-18-9-11)16-6-4-10(2)13(16)8-17/h5,7,9-10,12-14,17H,3-4,6,8,15H2,1-2H3. The van der Waals surface area contributed by atoms with E-state index in [0.717, 1.165) is 19.4 Å². The number of rotatable bonds is 5. The third-order valence-electron chi connectivity index (χ3n) is 4.23. The van der Waals surface area contributed by atoms with Crippen molar-refractivity contribution >= 4 is 11.3 Å². The van der Waals surface area contributed by atoms with E-state index in [2.05, 4.69) is 35.6 Å². The van der Waals surface area contributed by atoms with Gasteiger partial charge in [-0.25, -0.2) is 0 Å². The van der Waals surface area contributed by atoms with Crippen molar-refractivity contribution in [1.82, 2.24) is 4.90 Å². The Morgan fingerprint density at radius 2 is 2.39 bits per heavy atom. The van der Waals surface area contributed by atoms with Crippen LogP contribution in [0.25, 0.3) is 0 Å². The van der Waals surface area contributed by atoms with Crippen LogP contribution in [0.4, 0.5) is 0 Å². The monoisotopic (exact) mass is 268 g/mol. The van der Waals surface area contributed by atoms with Crippen LogP contribution in [-0.4, -0.2) is 35.2 Å². The molecule has 102 valence electrons. The van der Waals surface area contributed by atoms with Gasteiger partial charge in [0.05, 0.1) is 12.6 Å². The maximum absolute atomic E-state index is 9.63. The predicted molar refractivity (Wildman–Crippen MR) is 76.7 cm³/mol. The molecule has 3 nitrogen and oxygen atoms in total. The second kappa shape index (κ2) is 6.15. The first kappa shape index (κ1) is 14.0. The molecule has 4 unspecified atom stereocenters. The Hall–Kier alpha value is -0.420. The van der Waals surface area contributed by atoms with Crippen molar-refractivity contribution in [2.45, 2.75) is 44.8 Å². The summed E-state index contributed by atoms with van der Waals surface area (Å²) in [4.78, 5) is 2.42. The molecule has 4 atom stereocenters. The molecule has 2 rings (SSSR count). The molecule has 18 heavy (non-hydrogen) atoms. The van der Waals surface area contributed by atoms with Gasteiger partial charge in [-0.05, 0) is 47.7 Å². The Bertz CT molecular complexity index is 355. The van der Waals surface area contributed by atoms with Gasteiger partial charge in [0.2, 0.25) is 0 Å². The minimum Gasteiger partial charge on any atom is -0.395 e. The molecule has 4 heteroatoms. The highest BCUT2D eigenvalue weighted by molar-refractivity contribution is 7.07. The summed E-state index contributed by atoms with van der Waals surface area (Å²) in [6, 6.07) is 2.82. The first-order valence-electron chi connectivity index (χ1n) is 6.83. The van der Waals surface area contributed by atoms with Crippen LogP contribution in [0.5, 0.6) is 0 Å². The predicted octanol–water partition coefficient (Wildman–Crippen LogP) is 2.23. The molecule has 1 aromatic rings. The van der Waals surface area contributed by atoms with Crippen molar-refractivity contribution in [1.29, 1.82) is 0 Å². The second-order valence-electron chi connectivity index (χ2n) is 5.33. The van der Waals surface area contributed by atoms with Crippen LogP contribution < -0.4 is 5.73 Å². The molecule has 1 aromatic heterocycles. The number of nitrogens with zero attached hydrogens (tertiary/aromatic N) is 1. The average Bonchev–Trinajstić information content (AvgIpc) is 3.00. The van der Waals surface area contributed by atoms with Crippen LogP contribution in [0.2, 0.25) is 0 Å². The molecule has 0 bridgehead atoms. The molecule has 2 heterocycles. The van der Waals surface area contributed by atoms with Crippen molar-refractivity contribution in [2.24, 2.45) is 11.7 Å². The van der Waals surface area contributed by atoms with Gasteiger partial charge in [0.25, 0.3) is 0 Å². The van der Waals surface area contributed by atoms with E-state index in [9.17, 15) is 5.11 Å². The van der Waals surface area contributed by atoms with Crippen molar-refractivity contribution in [3.63, 3.8) is 0 Å². The van der Waals surface area contributed by atoms with Gasteiger partial charge >= 0.3 is 0 Å². The molecule has 0 aromatic carbocycles. The molecule has 3 N–H and O–H groups in total. The van der Waals surface area contributed by atoms with E-state index < -0.39 is 0 Å². The highest BCUT2D eigenvalue weighted by atomic mass is 32.1. The van der Waals surface area contributed by atoms with Crippen LogP contribution in [0.3, 0.4) is 0 Å². The van der Waals surface area contributed by atoms with Crippen LogP contribution in [0, 0.1) is 5.92 Å². The summed E-state index contributed by atoms with van der Waals surface area (Å²) in [7, 11) is 0. The highest BCUT2D eigenvalue weighted by Gasteiger charge is 2.37. The fraction of sp³-hybridized carbons (Fsp3) is 0.714. The van der Waals surface area contributed by atoms with E-state index in [1.807, 2.05) is 0 Å². The summed E-state index contributed by atoms with van der Waals surface area (Å²) < 4.78 is 0. The van der Waals surface area contributed by atoms with E-state index >= 15 is 0 Å². The van der Waals surface area contributed by atoms with Gasteiger partial charge in [-0.3, -0.25) is 4.90 Å². The highest BCUT2D eigenvalue weighted by Crippen LogP contribution is 2.35.